The Kier molecular flexibility index (Phi) is 5.17. The van der Waals surface area contributed by atoms with Crippen LogP contribution in [-0.4, -0.2) is 41.9 Å². The quantitative estimate of drug-likeness (QED) is 0.794. The van der Waals surface area contributed by atoms with E-state index in [0.717, 1.165) is 43.9 Å². The zero-order chi connectivity index (χ0) is 18.8. The molecule has 1 amide bonds. The SMILES string of the molecule is CCCC(=O)N(C)C1CCCN(C2c3ccccc3Oc3ccccc32)C1. The van der Waals surface area contributed by atoms with Crippen molar-refractivity contribution in [3.05, 3.63) is 59.7 Å². The Morgan fingerprint density at radius 2 is 1.74 bits per heavy atom. The average molecular weight is 364 g/mol. The average Bonchev–Trinajstić information content (AvgIpc) is 2.71. The number of likely N-dealkylation sites (N-methyl/N-ethyl adjacent to an activating group) is 1. The third kappa shape index (κ3) is 3.46. The van der Waals surface area contributed by atoms with Gasteiger partial charge >= 0.3 is 0 Å². The number of likely N-dealkylation sites (tertiary alicyclic amines) is 1. The van der Waals surface area contributed by atoms with Gasteiger partial charge in [0.1, 0.15) is 11.5 Å². The highest BCUT2D eigenvalue weighted by Gasteiger charge is 2.35. The van der Waals surface area contributed by atoms with E-state index < -0.39 is 0 Å². The lowest BCUT2D eigenvalue weighted by atomic mass is 9.90. The van der Waals surface area contributed by atoms with E-state index in [2.05, 4.69) is 48.2 Å². The second-order valence-corrected chi connectivity index (χ2v) is 7.63. The molecule has 27 heavy (non-hydrogen) atoms. The highest BCUT2D eigenvalue weighted by Crippen LogP contribution is 2.46. The number of carbonyl (C=O) groups excluding carboxylic acids is 1. The van der Waals surface area contributed by atoms with Gasteiger partial charge in [-0.25, -0.2) is 0 Å². The van der Waals surface area contributed by atoms with Crippen molar-refractivity contribution in [2.75, 3.05) is 20.1 Å². The fourth-order valence-corrected chi connectivity index (χ4v) is 4.41. The van der Waals surface area contributed by atoms with Gasteiger partial charge in [0.25, 0.3) is 0 Å². The summed E-state index contributed by atoms with van der Waals surface area (Å²) in [5.74, 6) is 2.15. The molecule has 1 atom stereocenters. The number of rotatable bonds is 4. The Labute approximate surface area is 161 Å². The molecule has 4 heteroatoms. The van der Waals surface area contributed by atoms with Crippen LogP contribution in [0, 0.1) is 0 Å². The topological polar surface area (TPSA) is 32.8 Å². The molecule has 1 unspecified atom stereocenters. The first-order valence-electron chi connectivity index (χ1n) is 10.0. The van der Waals surface area contributed by atoms with E-state index in [-0.39, 0.29) is 18.0 Å². The summed E-state index contributed by atoms with van der Waals surface area (Å²) in [4.78, 5) is 16.9. The molecule has 2 aromatic rings. The number of ether oxygens (including phenoxy) is 1. The molecular formula is C23H28N2O2. The number of carbonyl (C=O) groups is 1. The molecule has 0 radical (unpaired) electrons. The van der Waals surface area contributed by atoms with Crippen molar-refractivity contribution in [1.29, 1.82) is 0 Å². The molecule has 2 aliphatic rings. The predicted molar refractivity (Wildman–Crippen MR) is 107 cm³/mol. The molecule has 0 bridgehead atoms. The molecular weight excluding hydrogens is 336 g/mol. The molecule has 0 spiro atoms. The van der Waals surface area contributed by atoms with Crippen molar-refractivity contribution >= 4 is 5.91 Å². The summed E-state index contributed by atoms with van der Waals surface area (Å²) in [7, 11) is 1.97. The van der Waals surface area contributed by atoms with Gasteiger partial charge in [-0.2, -0.15) is 0 Å². The lowest BCUT2D eigenvalue weighted by molar-refractivity contribution is -0.133. The smallest absolute Gasteiger partial charge is 0.222 e. The summed E-state index contributed by atoms with van der Waals surface area (Å²) in [6.07, 6.45) is 3.72. The van der Waals surface area contributed by atoms with Crippen molar-refractivity contribution in [2.45, 2.75) is 44.7 Å². The van der Waals surface area contributed by atoms with Crippen molar-refractivity contribution in [3.63, 3.8) is 0 Å². The number of nitrogens with zero attached hydrogens (tertiary/aromatic N) is 2. The van der Waals surface area contributed by atoms with E-state index in [9.17, 15) is 4.79 Å². The molecule has 4 nitrogen and oxygen atoms in total. The van der Waals surface area contributed by atoms with Crippen molar-refractivity contribution < 1.29 is 9.53 Å². The van der Waals surface area contributed by atoms with E-state index >= 15 is 0 Å². The fourth-order valence-electron chi connectivity index (χ4n) is 4.41. The summed E-state index contributed by atoms with van der Waals surface area (Å²) in [5.41, 5.74) is 2.44. The van der Waals surface area contributed by atoms with Crippen LogP contribution in [-0.2, 0) is 4.79 Å². The molecule has 2 aromatic carbocycles. The minimum Gasteiger partial charge on any atom is -0.457 e. The van der Waals surface area contributed by atoms with E-state index in [1.54, 1.807) is 0 Å². The molecule has 2 heterocycles. The molecule has 1 saturated heterocycles. The summed E-state index contributed by atoms with van der Waals surface area (Å²) in [6.45, 7) is 4.01. The van der Waals surface area contributed by atoms with Crippen LogP contribution in [0.5, 0.6) is 11.5 Å². The number of para-hydroxylation sites is 2. The first kappa shape index (κ1) is 18.1. The van der Waals surface area contributed by atoms with Gasteiger partial charge in [-0.3, -0.25) is 9.69 Å². The van der Waals surface area contributed by atoms with Crippen LogP contribution in [0.4, 0.5) is 0 Å². The normalized spacial score (nSPS) is 19.7. The Balaban J connectivity index is 1.64. The largest absolute Gasteiger partial charge is 0.457 e. The summed E-state index contributed by atoms with van der Waals surface area (Å²) in [5, 5.41) is 0. The Morgan fingerprint density at radius 1 is 1.11 bits per heavy atom. The maximum Gasteiger partial charge on any atom is 0.222 e. The molecule has 0 aliphatic carbocycles. The van der Waals surface area contributed by atoms with Crippen LogP contribution in [0.1, 0.15) is 49.8 Å². The summed E-state index contributed by atoms with van der Waals surface area (Å²) in [6, 6.07) is 17.1. The van der Waals surface area contributed by atoms with Crippen molar-refractivity contribution in [3.8, 4) is 11.5 Å². The van der Waals surface area contributed by atoms with Gasteiger partial charge in [-0.05, 0) is 37.9 Å². The highest BCUT2D eigenvalue weighted by molar-refractivity contribution is 5.76. The van der Waals surface area contributed by atoms with Crippen molar-refractivity contribution in [1.82, 2.24) is 9.80 Å². The second kappa shape index (κ2) is 7.73. The minimum atomic E-state index is 0.184. The van der Waals surface area contributed by atoms with Crippen LogP contribution < -0.4 is 4.74 Å². The van der Waals surface area contributed by atoms with Gasteiger partial charge < -0.3 is 9.64 Å². The number of hydrogen-bond donors (Lipinski definition) is 0. The van der Waals surface area contributed by atoms with Gasteiger partial charge in [0.05, 0.1) is 6.04 Å². The molecule has 0 aromatic heterocycles. The van der Waals surface area contributed by atoms with Crippen LogP contribution in [0.25, 0.3) is 0 Å². The fraction of sp³-hybridized carbons (Fsp3) is 0.435. The van der Waals surface area contributed by atoms with Crippen LogP contribution in [0.15, 0.2) is 48.5 Å². The zero-order valence-electron chi connectivity index (χ0n) is 16.2. The van der Waals surface area contributed by atoms with E-state index in [1.807, 2.05) is 24.1 Å². The molecule has 4 rings (SSSR count). The first-order valence-corrected chi connectivity index (χ1v) is 10.0. The van der Waals surface area contributed by atoms with Gasteiger partial charge in [-0.15, -0.1) is 0 Å². The Hall–Kier alpha value is -2.33. The standard InChI is InChI=1S/C23H28N2O2/c1-3-9-22(26)24(2)17-10-8-15-25(16-17)23-18-11-4-6-13-20(18)27-21-14-7-5-12-19(21)23/h4-7,11-14,17,23H,3,8-10,15-16H2,1-2H3. The molecule has 0 N–H and O–H groups in total. The number of amides is 1. The Morgan fingerprint density at radius 3 is 2.37 bits per heavy atom. The third-order valence-electron chi connectivity index (χ3n) is 5.85. The van der Waals surface area contributed by atoms with Crippen LogP contribution in [0.3, 0.4) is 0 Å². The van der Waals surface area contributed by atoms with Crippen LogP contribution in [0.2, 0.25) is 0 Å². The maximum absolute atomic E-state index is 12.4. The minimum absolute atomic E-state index is 0.184. The van der Waals surface area contributed by atoms with Gasteiger partial charge in [0.15, 0.2) is 0 Å². The Bertz CT molecular complexity index is 774. The summed E-state index contributed by atoms with van der Waals surface area (Å²) >= 11 is 0. The van der Waals surface area contributed by atoms with Gasteiger partial charge in [0, 0.05) is 37.2 Å². The van der Waals surface area contributed by atoms with E-state index in [0.29, 0.717) is 6.42 Å². The lowest BCUT2D eigenvalue weighted by Gasteiger charge is -2.43. The first-order chi connectivity index (χ1) is 13.2. The monoisotopic (exact) mass is 364 g/mol. The number of hydrogen-bond acceptors (Lipinski definition) is 3. The zero-order valence-corrected chi connectivity index (χ0v) is 16.2. The maximum atomic E-state index is 12.4. The molecule has 0 saturated carbocycles. The number of fused-ring (bicyclic) bond motifs is 2. The van der Waals surface area contributed by atoms with Gasteiger partial charge in [0.2, 0.25) is 5.91 Å². The second-order valence-electron chi connectivity index (χ2n) is 7.63. The molecule has 2 aliphatic heterocycles. The van der Waals surface area contributed by atoms with Crippen LogP contribution >= 0.6 is 0 Å². The number of benzene rings is 2. The van der Waals surface area contributed by atoms with Gasteiger partial charge in [-0.1, -0.05) is 43.3 Å². The van der Waals surface area contributed by atoms with E-state index in [4.69, 9.17) is 4.74 Å². The third-order valence-corrected chi connectivity index (χ3v) is 5.85. The van der Waals surface area contributed by atoms with E-state index in [1.165, 1.54) is 11.1 Å². The highest BCUT2D eigenvalue weighted by atomic mass is 16.5. The molecule has 1 fully saturated rings. The lowest BCUT2D eigenvalue weighted by Crippen LogP contribution is -2.49. The number of piperidine rings is 1. The summed E-state index contributed by atoms with van der Waals surface area (Å²) < 4.78 is 6.15. The predicted octanol–water partition coefficient (Wildman–Crippen LogP) is 4.60. The molecule has 142 valence electrons. The van der Waals surface area contributed by atoms with Crippen molar-refractivity contribution in [2.24, 2.45) is 0 Å².